The van der Waals surface area contributed by atoms with Gasteiger partial charge >= 0.3 is 0 Å². The topological polar surface area (TPSA) is 33.2 Å². The van der Waals surface area contributed by atoms with Crippen LogP contribution in [0.25, 0.3) is 9.88 Å². The fraction of sp³-hybridized carbons (Fsp3) is 0.176. The Morgan fingerprint density at radius 1 is 1.14 bits per heavy atom. The highest BCUT2D eigenvalue weighted by Gasteiger charge is 2.25. The Bertz CT molecular complexity index is 808. The summed E-state index contributed by atoms with van der Waals surface area (Å²) in [5.74, 6) is 0.00575. The van der Waals surface area contributed by atoms with Gasteiger partial charge in [-0.2, -0.15) is 0 Å². The molecule has 3 aromatic rings. The van der Waals surface area contributed by atoms with Gasteiger partial charge in [-0.05, 0) is 35.9 Å². The number of nitrogens with zero attached hydrogens (tertiary/aromatic N) is 2. The lowest BCUT2D eigenvalue weighted by Gasteiger charge is -2.28. The number of fused-ring (bicyclic) bond motifs is 1. The molecule has 0 saturated carbocycles. The van der Waals surface area contributed by atoms with E-state index in [9.17, 15) is 4.79 Å². The van der Waals surface area contributed by atoms with Crippen LogP contribution in [0.15, 0.2) is 47.2 Å². The van der Waals surface area contributed by atoms with Crippen molar-refractivity contribution in [2.75, 3.05) is 11.4 Å². The molecule has 0 unspecified atom stereocenters. The summed E-state index contributed by atoms with van der Waals surface area (Å²) < 4.78 is 0. The lowest BCUT2D eigenvalue weighted by atomic mass is 10.0. The monoisotopic (exact) mass is 326 g/mol. The normalized spacial score (nSPS) is 13.9. The average molecular weight is 326 g/mol. The molecule has 5 heteroatoms. The van der Waals surface area contributed by atoms with E-state index in [2.05, 4.69) is 11.1 Å². The number of thiazole rings is 1. The SMILES string of the molecule is O=C(c1csc(-c2cccs2)n1)N1CCCc2ccccc21. The molecule has 1 amide bonds. The molecule has 4 rings (SSSR count). The molecule has 1 aromatic carbocycles. The number of hydrogen-bond donors (Lipinski definition) is 0. The van der Waals surface area contributed by atoms with Gasteiger partial charge in [0.05, 0.1) is 4.88 Å². The number of rotatable bonds is 2. The number of para-hydroxylation sites is 1. The van der Waals surface area contributed by atoms with Gasteiger partial charge in [0.25, 0.3) is 5.91 Å². The van der Waals surface area contributed by atoms with E-state index in [-0.39, 0.29) is 5.91 Å². The quantitative estimate of drug-likeness (QED) is 0.696. The van der Waals surface area contributed by atoms with Gasteiger partial charge in [-0.1, -0.05) is 24.3 Å². The summed E-state index contributed by atoms with van der Waals surface area (Å²) in [5, 5.41) is 4.82. The zero-order valence-electron chi connectivity index (χ0n) is 11.9. The van der Waals surface area contributed by atoms with Gasteiger partial charge in [-0.15, -0.1) is 22.7 Å². The van der Waals surface area contributed by atoms with Crippen LogP contribution in [0.5, 0.6) is 0 Å². The smallest absolute Gasteiger partial charge is 0.277 e. The van der Waals surface area contributed by atoms with Crippen LogP contribution in [-0.2, 0) is 6.42 Å². The highest BCUT2D eigenvalue weighted by molar-refractivity contribution is 7.20. The molecule has 0 spiro atoms. The predicted octanol–water partition coefficient (Wildman–Crippen LogP) is 4.46. The average Bonchev–Trinajstić information content (AvgIpc) is 3.24. The van der Waals surface area contributed by atoms with Crippen LogP contribution < -0.4 is 4.90 Å². The van der Waals surface area contributed by atoms with Crippen molar-refractivity contribution in [1.29, 1.82) is 0 Å². The Balaban J connectivity index is 1.66. The first-order valence-electron chi connectivity index (χ1n) is 7.22. The first-order valence-corrected chi connectivity index (χ1v) is 8.98. The second-order valence-corrected chi connectivity index (χ2v) is 7.01. The van der Waals surface area contributed by atoms with Gasteiger partial charge in [0.1, 0.15) is 10.7 Å². The van der Waals surface area contributed by atoms with Crippen LogP contribution in [0.1, 0.15) is 22.5 Å². The van der Waals surface area contributed by atoms with Crippen LogP contribution in [0.4, 0.5) is 5.69 Å². The van der Waals surface area contributed by atoms with Crippen molar-refractivity contribution in [2.24, 2.45) is 0 Å². The Kier molecular flexibility index (Phi) is 3.52. The fourth-order valence-electron chi connectivity index (χ4n) is 2.77. The summed E-state index contributed by atoms with van der Waals surface area (Å²) in [6.07, 6.45) is 2.04. The van der Waals surface area contributed by atoms with E-state index in [4.69, 9.17) is 0 Å². The number of benzene rings is 1. The highest BCUT2D eigenvalue weighted by Crippen LogP contribution is 2.31. The minimum absolute atomic E-state index is 0.00575. The van der Waals surface area contributed by atoms with Gasteiger partial charge < -0.3 is 4.90 Å². The number of aromatic nitrogens is 1. The van der Waals surface area contributed by atoms with Crippen molar-refractivity contribution in [3.63, 3.8) is 0 Å². The highest BCUT2D eigenvalue weighted by atomic mass is 32.1. The Morgan fingerprint density at radius 3 is 2.91 bits per heavy atom. The molecule has 2 aromatic heterocycles. The standard InChI is InChI=1S/C17H14N2OS2/c20-17(13-11-22-16(18-13)15-8-4-10-21-15)19-9-3-6-12-5-1-2-7-14(12)19/h1-2,4-5,7-8,10-11H,3,6,9H2. The molecule has 3 nitrogen and oxygen atoms in total. The van der Waals surface area contributed by atoms with E-state index in [0.29, 0.717) is 5.69 Å². The molecule has 0 radical (unpaired) electrons. The number of thiophene rings is 1. The third-order valence-electron chi connectivity index (χ3n) is 3.81. The van der Waals surface area contributed by atoms with Crippen molar-refractivity contribution in [1.82, 2.24) is 4.98 Å². The first-order chi connectivity index (χ1) is 10.8. The number of aryl methyl sites for hydroxylation is 1. The summed E-state index contributed by atoms with van der Waals surface area (Å²) in [6, 6.07) is 12.2. The largest absolute Gasteiger partial charge is 0.307 e. The van der Waals surface area contributed by atoms with E-state index in [1.165, 1.54) is 16.9 Å². The zero-order valence-corrected chi connectivity index (χ0v) is 13.5. The molecule has 0 N–H and O–H groups in total. The summed E-state index contributed by atoms with van der Waals surface area (Å²) in [7, 11) is 0. The van der Waals surface area contributed by atoms with Crippen LogP contribution >= 0.6 is 22.7 Å². The van der Waals surface area contributed by atoms with Gasteiger partial charge in [-0.25, -0.2) is 4.98 Å². The lowest BCUT2D eigenvalue weighted by molar-refractivity contribution is 0.0981. The number of amides is 1. The van der Waals surface area contributed by atoms with Gasteiger partial charge in [-0.3, -0.25) is 4.79 Å². The molecule has 0 atom stereocenters. The molecule has 0 aliphatic carbocycles. The molecule has 110 valence electrons. The zero-order chi connectivity index (χ0) is 14.9. The molecule has 1 aliphatic heterocycles. The summed E-state index contributed by atoms with van der Waals surface area (Å²) in [4.78, 5) is 20.3. The maximum Gasteiger partial charge on any atom is 0.277 e. The second kappa shape index (κ2) is 5.66. The summed E-state index contributed by atoms with van der Waals surface area (Å²) in [5.41, 5.74) is 2.82. The number of carbonyl (C=O) groups excluding carboxylic acids is 1. The van der Waals surface area contributed by atoms with E-state index < -0.39 is 0 Å². The molecule has 0 bridgehead atoms. The fourth-order valence-corrected chi connectivity index (χ4v) is 4.38. The Morgan fingerprint density at radius 2 is 2.05 bits per heavy atom. The molecule has 0 fully saturated rings. The number of hydrogen-bond acceptors (Lipinski definition) is 4. The minimum Gasteiger partial charge on any atom is -0.307 e. The van der Waals surface area contributed by atoms with E-state index in [0.717, 1.165) is 35.0 Å². The Hall–Kier alpha value is -1.98. The van der Waals surface area contributed by atoms with Gasteiger partial charge in [0, 0.05) is 17.6 Å². The van der Waals surface area contributed by atoms with Crippen LogP contribution in [0.3, 0.4) is 0 Å². The lowest BCUT2D eigenvalue weighted by Crippen LogP contribution is -2.35. The molecule has 0 saturated heterocycles. The molecular weight excluding hydrogens is 312 g/mol. The Labute approximate surface area is 136 Å². The molecule has 3 heterocycles. The minimum atomic E-state index is 0.00575. The van der Waals surface area contributed by atoms with Crippen molar-refractivity contribution in [3.8, 4) is 9.88 Å². The van der Waals surface area contributed by atoms with Crippen molar-refractivity contribution >= 4 is 34.3 Å². The van der Waals surface area contributed by atoms with Crippen molar-refractivity contribution in [2.45, 2.75) is 12.8 Å². The maximum absolute atomic E-state index is 12.8. The van der Waals surface area contributed by atoms with E-state index in [1.54, 1.807) is 11.3 Å². The second-order valence-electron chi connectivity index (χ2n) is 5.20. The van der Waals surface area contributed by atoms with Gasteiger partial charge in [0.2, 0.25) is 0 Å². The molecule has 22 heavy (non-hydrogen) atoms. The maximum atomic E-state index is 12.8. The first kappa shape index (κ1) is 13.7. The van der Waals surface area contributed by atoms with Crippen LogP contribution in [0, 0.1) is 0 Å². The predicted molar refractivity (Wildman–Crippen MR) is 91.9 cm³/mol. The third kappa shape index (κ3) is 2.36. The number of anilines is 1. The van der Waals surface area contributed by atoms with Crippen molar-refractivity contribution in [3.05, 3.63) is 58.4 Å². The summed E-state index contributed by atoms with van der Waals surface area (Å²) in [6.45, 7) is 0.766. The van der Waals surface area contributed by atoms with E-state index >= 15 is 0 Å². The van der Waals surface area contributed by atoms with E-state index in [1.807, 2.05) is 46.0 Å². The summed E-state index contributed by atoms with van der Waals surface area (Å²) >= 11 is 3.18. The molecular formula is C17H14N2OS2. The third-order valence-corrected chi connectivity index (χ3v) is 5.69. The molecule has 1 aliphatic rings. The van der Waals surface area contributed by atoms with Crippen molar-refractivity contribution < 1.29 is 4.79 Å². The van der Waals surface area contributed by atoms with Crippen LogP contribution in [0.2, 0.25) is 0 Å². The van der Waals surface area contributed by atoms with Crippen LogP contribution in [-0.4, -0.2) is 17.4 Å². The number of carbonyl (C=O) groups is 1. The van der Waals surface area contributed by atoms with Gasteiger partial charge in [0.15, 0.2) is 0 Å².